The van der Waals surface area contributed by atoms with Crippen molar-refractivity contribution in [1.82, 2.24) is 25.4 Å². The van der Waals surface area contributed by atoms with Gasteiger partial charge in [-0.25, -0.2) is 4.79 Å². The first-order valence-electron chi connectivity index (χ1n) is 8.02. The Morgan fingerprint density at radius 2 is 1.87 bits per heavy atom. The fourth-order valence-corrected chi connectivity index (χ4v) is 2.36. The highest BCUT2D eigenvalue weighted by Gasteiger charge is 2.16. The third kappa shape index (κ3) is 4.55. The van der Waals surface area contributed by atoms with Crippen molar-refractivity contribution < 1.29 is 4.79 Å². The summed E-state index contributed by atoms with van der Waals surface area (Å²) < 4.78 is 1.89. The lowest BCUT2D eigenvalue weighted by Crippen LogP contribution is -2.39. The number of carbonyl (C=O) groups excluding carboxylic acids is 1. The summed E-state index contributed by atoms with van der Waals surface area (Å²) in [6.45, 7) is 8.14. The van der Waals surface area contributed by atoms with Crippen molar-refractivity contribution >= 4 is 6.03 Å². The predicted octanol–water partition coefficient (Wildman–Crippen LogP) is 3.37. The van der Waals surface area contributed by atoms with E-state index in [9.17, 15) is 4.79 Å². The molecule has 2 amide bonds. The van der Waals surface area contributed by atoms with E-state index in [1.54, 1.807) is 18.6 Å². The lowest BCUT2D eigenvalue weighted by molar-refractivity contribution is 0.233. The molecule has 6 heteroatoms. The Labute approximate surface area is 137 Å². The number of aromatic nitrogens is 3. The minimum absolute atomic E-state index is 0.0245. The van der Waals surface area contributed by atoms with Crippen LogP contribution in [-0.2, 0) is 0 Å². The minimum Gasteiger partial charge on any atom is -0.332 e. The maximum Gasteiger partial charge on any atom is 0.315 e. The van der Waals surface area contributed by atoms with Gasteiger partial charge in [0.2, 0.25) is 0 Å². The Hall–Kier alpha value is -2.37. The number of amides is 2. The first kappa shape index (κ1) is 17.0. The van der Waals surface area contributed by atoms with Crippen LogP contribution in [0.1, 0.15) is 63.4 Å². The topological polar surface area (TPSA) is 71.8 Å². The number of hydrogen-bond donors (Lipinski definition) is 2. The number of urea groups is 1. The molecule has 0 bridgehead atoms. The van der Waals surface area contributed by atoms with Crippen LogP contribution in [0.3, 0.4) is 0 Å². The van der Waals surface area contributed by atoms with E-state index < -0.39 is 0 Å². The van der Waals surface area contributed by atoms with Gasteiger partial charge in [0.05, 0.1) is 18.3 Å². The van der Waals surface area contributed by atoms with Crippen LogP contribution in [0.5, 0.6) is 0 Å². The predicted molar refractivity (Wildman–Crippen MR) is 90.0 cm³/mol. The molecular formula is C17H25N5O. The highest BCUT2D eigenvalue weighted by Crippen LogP contribution is 2.16. The quantitative estimate of drug-likeness (QED) is 0.858. The first-order valence-corrected chi connectivity index (χ1v) is 8.02. The molecule has 0 aliphatic carbocycles. The molecule has 2 aromatic rings. The van der Waals surface area contributed by atoms with Crippen molar-refractivity contribution in [3.63, 3.8) is 0 Å². The van der Waals surface area contributed by atoms with Crippen molar-refractivity contribution in [2.45, 2.75) is 52.2 Å². The molecule has 2 atom stereocenters. The minimum atomic E-state index is -0.182. The molecule has 2 heterocycles. The average molecular weight is 315 g/mol. The Balaban J connectivity index is 1.95. The lowest BCUT2D eigenvalue weighted by atomic mass is 10.1. The van der Waals surface area contributed by atoms with Gasteiger partial charge in [-0.3, -0.25) is 9.67 Å². The van der Waals surface area contributed by atoms with E-state index >= 15 is 0 Å². The molecular weight excluding hydrogens is 290 g/mol. The van der Waals surface area contributed by atoms with E-state index in [0.29, 0.717) is 6.04 Å². The maximum atomic E-state index is 12.2. The molecule has 23 heavy (non-hydrogen) atoms. The molecule has 0 saturated carbocycles. The van der Waals surface area contributed by atoms with Crippen LogP contribution < -0.4 is 10.6 Å². The van der Waals surface area contributed by atoms with Gasteiger partial charge in [-0.15, -0.1) is 0 Å². The molecule has 0 fully saturated rings. The standard InChI is InChI=1S/C17H25N5O/c1-5-16(14-6-8-18-9-7-14)21-17(23)20-13(4)15-10-19-22(11-15)12(2)3/h6-13,16H,5H2,1-4H3,(H2,20,21,23)/t13-,16-/m0/s1. The number of carbonyl (C=O) groups is 1. The first-order chi connectivity index (χ1) is 11.0. The largest absolute Gasteiger partial charge is 0.332 e. The second kappa shape index (κ2) is 7.76. The van der Waals surface area contributed by atoms with Crippen LogP contribution in [0, 0.1) is 0 Å². The molecule has 2 aromatic heterocycles. The van der Waals surface area contributed by atoms with Gasteiger partial charge >= 0.3 is 6.03 Å². The van der Waals surface area contributed by atoms with Gasteiger partial charge in [0.1, 0.15) is 0 Å². The van der Waals surface area contributed by atoms with E-state index in [-0.39, 0.29) is 18.1 Å². The summed E-state index contributed by atoms with van der Waals surface area (Å²) in [7, 11) is 0. The van der Waals surface area contributed by atoms with Gasteiger partial charge in [0.15, 0.2) is 0 Å². The average Bonchev–Trinajstić information content (AvgIpc) is 3.04. The summed E-state index contributed by atoms with van der Waals surface area (Å²) >= 11 is 0. The highest BCUT2D eigenvalue weighted by atomic mass is 16.2. The number of hydrogen-bond acceptors (Lipinski definition) is 3. The van der Waals surface area contributed by atoms with E-state index in [4.69, 9.17) is 0 Å². The molecule has 0 radical (unpaired) electrons. The zero-order valence-corrected chi connectivity index (χ0v) is 14.2. The van der Waals surface area contributed by atoms with Crippen LogP contribution in [0.25, 0.3) is 0 Å². The molecule has 2 rings (SSSR count). The molecule has 0 aliphatic heterocycles. The van der Waals surface area contributed by atoms with Crippen molar-refractivity contribution in [3.05, 3.63) is 48.0 Å². The second-order valence-electron chi connectivity index (χ2n) is 5.93. The SMILES string of the molecule is CC[C@H](NC(=O)N[C@@H](C)c1cnn(C(C)C)c1)c1ccncc1. The molecule has 0 unspecified atom stereocenters. The molecule has 0 saturated heterocycles. The van der Waals surface area contributed by atoms with Gasteiger partial charge in [0.25, 0.3) is 0 Å². The number of rotatable bonds is 6. The second-order valence-corrected chi connectivity index (χ2v) is 5.93. The van der Waals surface area contributed by atoms with Crippen LogP contribution in [-0.4, -0.2) is 20.8 Å². The fraction of sp³-hybridized carbons (Fsp3) is 0.471. The van der Waals surface area contributed by atoms with Crippen molar-refractivity contribution in [1.29, 1.82) is 0 Å². The van der Waals surface area contributed by atoms with Crippen LogP contribution in [0.2, 0.25) is 0 Å². The van der Waals surface area contributed by atoms with Crippen molar-refractivity contribution in [2.75, 3.05) is 0 Å². The summed E-state index contributed by atoms with van der Waals surface area (Å²) in [6.07, 6.45) is 8.05. The van der Waals surface area contributed by atoms with Gasteiger partial charge in [-0.2, -0.15) is 5.10 Å². The van der Waals surface area contributed by atoms with E-state index in [0.717, 1.165) is 17.5 Å². The third-order valence-corrected chi connectivity index (χ3v) is 3.82. The Kier molecular flexibility index (Phi) is 5.73. The maximum absolute atomic E-state index is 12.2. The van der Waals surface area contributed by atoms with Gasteiger partial charge in [-0.05, 0) is 44.9 Å². The number of nitrogens with zero attached hydrogens (tertiary/aromatic N) is 3. The zero-order chi connectivity index (χ0) is 16.8. The smallest absolute Gasteiger partial charge is 0.315 e. The number of nitrogens with one attached hydrogen (secondary N) is 2. The Bertz CT molecular complexity index is 623. The van der Waals surface area contributed by atoms with E-state index in [1.807, 2.05) is 36.9 Å². The van der Waals surface area contributed by atoms with Crippen molar-refractivity contribution in [2.24, 2.45) is 0 Å². The Morgan fingerprint density at radius 1 is 1.17 bits per heavy atom. The summed E-state index contributed by atoms with van der Waals surface area (Å²) in [6, 6.07) is 3.84. The van der Waals surface area contributed by atoms with E-state index in [1.165, 1.54) is 0 Å². The monoisotopic (exact) mass is 315 g/mol. The molecule has 2 N–H and O–H groups in total. The lowest BCUT2D eigenvalue weighted by Gasteiger charge is -2.20. The summed E-state index contributed by atoms with van der Waals surface area (Å²) in [4.78, 5) is 16.3. The van der Waals surface area contributed by atoms with Crippen LogP contribution in [0.15, 0.2) is 36.9 Å². The molecule has 0 aliphatic rings. The highest BCUT2D eigenvalue weighted by molar-refractivity contribution is 5.74. The fourth-order valence-electron chi connectivity index (χ4n) is 2.36. The van der Waals surface area contributed by atoms with Gasteiger partial charge in [-0.1, -0.05) is 6.92 Å². The molecule has 6 nitrogen and oxygen atoms in total. The Morgan fingerprint density at radius 3 is 2.43 bits per heavy atom. The normalized spacial score (nSPS) is 13.6. The molecule has 0 spiro atoms. The summed E-state index contributed by atoms with van der Waals surface area (Å²) in [5.74, 6) is 0. The van der Waals surface area contributed by atoms with Gasteiger partial charge < -0.3 is 10.6 Å². The zero-order valence-electron chi connectivity index (χ0n) is 14.2. The van der Waals surface area contributed by atoms with Crippen LogP contribution in [0.4, 0.5) is 4.79 Å². The molecule has 0 aromatic carbocycles. The summed E-state index contributed by atoms with van der Waals surface area (Å²) in [5.41, 5.74) is 2.05. The molecule has 124 valence electrons. The third-order valence-electron chi connectivity index (χ3n) is 3.82. The van der Waals surface area contributed by atoms with E-state index in [2.05, 4.69) is 34.6 Å². The summed E-state index contributed by atoms with van der Waals surface area (Å²) in [5, 5.41) is 10.3. The van der Waals surface area contributed by atoms with Crippen LogP contribution >= 0.6 is 0 Å². The number of pyridine rings is 1. The van der Waals surface area contributed by atoms with Crippen molar-refractivity contribution in [3.8, 4) is 0 Å². The van der Waals surface area contributed by atoms with Gasteiger partial charge in [0, 0.05) is 30.2 Å².